The van der Waals surface area contributed by atoms with Crippen molar-refractivity contribution >= 4 is 18.5 Å². The van der Waals surface area contributed by atoms with Gasteiger partial charge in [0.25, 0.3) is 0 Å². The van der Waals surface area contributed by atoms with Crippen LogP contribution in [-0.4, -0.2) is 6.72 Å². The van der Waals surface area contributed by atoms with Crippen LogP contribution in [0, 0.1) is 0 Å². The molecule has 60 valence electrons. The van der Waals surface area contributed by atoms with E-state index in [1.807, 2.05) is 6.07 Å². The molecule has 1 nitrogen and oxygen atoms in total. The number of benzene rings is 1. The van der Waals surface area contributed by atoms with E-state index in [0.717, 1.165) is 18.5 Å². The Labute approximate surface area is 72.5 Å². The SMILES string of the molecule is C=Nc1ccc2c(c1)CCC=C2. The summed E-state index contributed by atoms with van der Waals surface area (Å²) in [4.78, 5) is 3.90. The van der Waals surface area contributed by atoms with E-state index in [1.165, 1.54) is 11.1 Å². The summed E-state index contributed by atoms with van der Waals surface area (Å²) in [5.74, 6) is 0. The van der Waals surface area contributed by atoms with Crippen LogP contribution < -0.4 is 0 Å². The minimum Gasteiger partial charge on any atom is -0.265 e. The Bertz CT molecular complexity index is 337. The molecule has 0 saturated heterocycles. The van der Waals surface area contributed by atoms with Crippen LogP contribution in [0.4, 0.5) is 5.69 Å². The quantitative estimate of drug-likeness (QED) is 0.556. The molecule has 0 N–H and O–H groups in total. The fraction of sp³-hybridized carbons (Fsp3) is 0.182. The molecule has 0 saturated carbocycles. The van der Waals surface area contributed by atoms with Gasteiger partial charge in [-0.25, -0.2) is 0 Å². The fourth-order valence-electron chi connectivity index (χ4n) is 1.52. The first-order valence-corrected chi connectivity index (χ1v) is 4.16. The zero-order valence-corrected chi connectivity index (χ0v) is 6.96. The highest BCUT2D eigenvalue weighted by Gasteiger charge is 2.03. The summed E-state index contributed by atoms with van der Waals surface area (Å²) in [5, 5.41) is 0. The molecule has 1 heteroatoms. The molecule has 1 aliphatic carbocycles. The molecule has 1 aliphatic rings. The van der Waals surface area contributed by atoms with Gasteiger partial charge < -0.3 is 0 Å². The molecule has 0 atom stereocenters. The zero-order valence-electron chi connectivity index (χ0n) is 6.96. The smallest absolute Gasteiger partial charge is 0.0625 e. The minimum atomic E-state index is 0.976. The molecular weight excluding hydrogens is 146 g/mol. The van der Waals surface area contributed by atoms with E-state index in [9.17, 15) is 0 Å². The van der Waals surface area contributed by atoms with Crippen molar-refractivity contribution in [2.45, 2.75) is 12.8 Å². The van der Waals surface area contributed by atoms with Crippen molar-refractivity contribution in [3.63, 3.8) is 0 Å². The number of fused-ring (bicyclic) bond motifs is 1. The third-order valence-electron chi connectivity index (χ3n) is 2.19. The van der Waals surface area contributed by atoms with Gasteiger partial charge in [0.15, 0.2) is 0 Å². The second-order valence-electron chi connectivity index (χ2n) is 2.98. The van der Waals surface area contributed by atoms with Gasteiger partial charge in [0.1, 0.15) is 0 Å². The average molecular weight is 157 g/mol. The Morgan fingerprint density at radius 3 is 3.08 bits per heavy atom. The number of nitrogens with zero attached hydrogens (tertiary/aromatic N) is 1. The van der Waals surface area contributed by atoms with E-state index in [2.05, 4.69) is 36.0 Å². The molecule has 0 heterocycles. The second kappa shape index (κ2) is 2.94. The van der Waals surface area contributed by atoms with Crippen molar-refractivity contribution < 1.29 is 0 Å². The number of hydrogen-bond acceptors (Lipinski definition) is 1. The monoisotopic (exact) mass is 157 g/mol. The predicted molar refractivity (Wildman–Crippen MR) is 53.0 cm³/mol. The van der Waals surface area contributed by atoms with E-state index >= 15 is 0 Å². The van der Waals surface area contributed by atoms with Gasteiger partial charge in [0, 0.05) is 0 Å². The summed E-state index contributed by atoms with van der Waals surface area (Å²) in [5.41, 5.74) is 3.69. The Balaban J connectivity index is 2.50. The van der Waals surface area contributed by atoms with E-state index in [0.29, 0.717) is 0 Å². The molecule has 0 amide bonds. The molecule has 0 radical (unpaired) electrons. The molecule has 12 heavy (non-hydrogen) atoms. The number of hydrogen-bond donors (Lipinski definition) is 0. The van der Waals surface area contributed by atoms with Crippen molar-refractivity contribution in [3.8, 4) is 0 Å². The van der Waals surface area contributed by atoms with Crippen molar-refractivity contribution in [2.24, 2.45) is 4.99 Å². The molecule has 2 rings (SSSR count). The highest BCUT2D eigenvalue weighted by Crippen LogP contribution is 2.23. The maximum atomic E-state index is 3.90. The summed E-state index contributed by atoms with van der Waals surface area (Å²) < 4.78 is 0. The summed E-state index contributed by atoms with van der Waals surface area (Å²) in [6.07, 6.45) is 6.66. The molecule has 0 aliphatic heterocycles. The van der Waals surface area contributed by atoms with Crippen LogP contribution in [0.2, 0.25) is 0 Å². The summed E-state index contributed by atoms with van der Waals surface area (Å²) in [6.45, 7) is 3.51. The molecule has 1 aromatic rings. The lowest BCUT2D eigenvalue weighted by Gasteiger charge is -2.09. The predicted octanol–water partition coefficient (Wildman–Crippen LogP) is 2.98. The minimum absolute atomic E-state index is 0.976. The first-order chi connectivity index (χ1) is 5.90. The van der Waals surface area contributed by atoms with Crippen LogP contribution in [0.5, 0.6) is 0 Å². The lowest BCUT2D eigenvalue weighted by Crippen LogP contribution is -1.92. The number of allylic oxidation sites excluding steroid dienone is 1. The van der Waals surface area contributed by atoms with Crippen molar-refractivity contribution in [1.29, 1.82) is 0 Å². The fourth-order valence-corrected chi connectivity index (χ4v) is 1.52. The average Bonchev–Trinajstić information content (AvgIpc) is 2.17. The summed E-state index contributed by atoms with van der Waals surface area (Å²) in [7, 11) is 0. The zero-order chi connectivity index (χ0) is 8.39. The van der Waals surface area contributed by atoms with Crippen LogP contribution in [0.15, 0.2) is 29.3 Å². The first-order valence-electron chi connectivity index (χ1n) is 4.16. The van der Waals surface area contributed by atoms with Crippen LogP contribution in [-0.2, 0) is 6.42 Å². The third kappa shape index (κ3) is 1.18. The first kappa shape index (κ1) is 7.29. The van der Waals surface area contributed by atoms with Crippen molar-refractivity contribution in [2.75, 3.05) is 0 Å². The lowest BCUT2D eigenvalue weighted by molar-refractivity contribution is 0.986. The van der Waals surface area contributed by atoms with Gasteiger partial charge in [-0.2, -0.15) is 0 Å². The number of rotatable bonds is 1. The van der Waals surface area contributed by atoms with Gasteiger partial charge in [-0.1, -0.05) is 18.2 Å². The normalized spacial score (nSPS) is 14.0. The van der Waals surface area contributed by atoms with E-state index in [1.54, 1.807) is 0 Å². The Morgan fingerprint density at radius 2 is 2.25 bits per heavy atom. The highest BCUT2D eigenvalue weighted by molar-refractivity contribution is 5.61. The van der Waals surface area contributed by atoms with Crippen LogP contribution >= 0.6 is 0 Å². The van der Waals surface area contributed by atoms with Crippen molar-refractivity contribution in [3.05, 3.63) is 35.4 Å². The topological polar surface area (TPSA) is 12.4 Å². The van der Waals surface area contributed by atoms with E-state index in [4.69, 9.17) is 0 Å². The molecule has 0 aromatic heterocycles. The van der Waals surface area contributed by atoms with Crippen LogP contribution in [0.3, 0.4) is 0 Å². The van der Waals surface area contributed by atoms with E-state index in [-0.39, 0.29) is 0 Å². The van der Waals surface area contributed by atoms with Crippen LogP contribution in [0.1, 0.15) is 17.5 Å². The molecule has 0 unspecified atom stereocenters. The largest absolute Gasteiger partial charge is 0.265 e. The Kier molecular flexibility index (Phi) is 1.78. The molecule has 0 bridgehead atoms. The molecule has 0 spiro atoms. The van der Waals surface area contributed by atoms with Gasteiger partial charge >= 0.3 is 0 Å². The number of aliphatic imine (C=N–C) groups is 1. The molecule has 0 fully saturated rings. The second-order valence-corrected chi connectivity index (χ2v) is 2.98. The summed E-state index contributed by atoms with van der Waals surface area (Å²) in [6, 6.07) is 6.22. The maximum absolute atomic E-state index is 3.90. The third-order valence-corrected chi connectivity index (χ3v) is 2.19. The number of aryl methyl sites for hydroxylation is 1. The van der Waals surface area contributed by atoms with Crippen molar-refractivity contribution in [1.82, 2.24) is 0 Å². The van der Waals surface area contributed by atoms with Gasteiger partial charge in [-0.3, -0.25) is 4.99 Å². The van der Waals surface area contributed by atoms with Gasteiger partial charge in [-0.05, 0) is 42.8 Å². The van der Waals surface area contributed by atoms with Gasteiger partial charge in [-0.15, -0.1) is 0 Å². The molecular formula is C11H11N. The standard InChI is InChI=1S/C11H11N/c1-12-11-7-6-9-4-2-3-5-10(9)8-11/h2,4,6-8H,1,3,5H2. The summed E-state index contributed by atoms with van der Waals surface area (Å²) >= 11 is 0. The van der Waals surface area contributed by atoms with Gasteiger partial charge in [0.2, 0.25) is 0 Å². The van der Waals surface area contributed by atoms with Gasteiger partial charge in [0.05, 0.1) is 5.69 Å². The van der Waals surface area contributed by atoms with E-state index < -0.39 is 0 Å². The lowest BCUT2D eigenvalue weighted by atomic mass is 9.97. The molecule has 1 aromatic carbocycles. The Morgan fingerprint density at radius 1 is 1.33 bits per heavy atom. The highest BCUT2D eigenvalue weighted by atomic mass is 14.7. The van der Waals surface area contributed by atoms with Crippen LogP contribution in [0.25, 0.3) is 6.08 Å². The Hall–Kier alpha value is -1.37. The maximum Gasteiger partial charge on any atom is 0.0625 e.